The van der Waals surface area contributed by atoms with Gasteiger partial charge in [-0.3, -0.25) is 4.79 Å². The molecule has 1 aliphatic rings. The molecule has 2 atom stereocenters. The number of rotatable bonds is 5. The van der Waals surface area contributed by atoms with Gasteiger partial charge >= 0.3 is 0 Å². The number of benzene rings is 1. The molecule has 2 rings (SSSR count). The second-order valence-electron chi connectivity index (χ2n) is 5.37. The lowest BCUT2D eigenvalue weighted by Crippen LogP contribution is -2.35. The monoisotopic (exact) mass is 280 g/mol. The summed E-state index contributed by atoms with van der Waals surface area (Å²) in [6.45, 7) is 4.04. The minimum Gasteiger partial charge on any atom is -0.353 e. The van der Waals surface area contributed by atoms with E-state index in [1.165, 1.54) is 0 Å². The summed E-state index contributed by atoms with van der Waals surface area (Å²) < 4.78 is 0. The molecule has 3 nitrogen and oxygen atoms in total. The van der Waals surface area contributed by atoms with Crippen molar-refractivity contribution in [3.63, 3.8) is 0 Å². The molecule has 0 aliphatic carbocycles. The minimum atomic E-state index is 0.139. The first-order chi connectivity index (χ1) is 9.13. The Hall–Kier alpha value is -1.06. The van der Waals surface area contributed by atoms with E-state index >= 15 is 0 Å². The molecule has 104 valence electrons. The van der Waals surface area contributed by atoms with Gasteiger partial charge in [-0.1, -0.05) is 23.7 Å². The van der Waals surface area contributed by atoms with Gasteiger partial charge in [-0.25, -0.2) is 0 Å². The van der Waals surface area contributed by atoms with Crippen molar-refractivity contribution in [3.05, 3.63) is 34.9 Å². The zero-order valence-electron chi connectivity index (χ0n) is 11.3. The summed E-state index contributed by atoms with van der Waals surface area (Å²) in [5.74, 6) is 0.654. The quantitative estimate of drug-likeness (QED) is 0.870. The fourth-order valence-corrected chi connectivity index (χ4v) is 2.77. The molecular weight excluding hydrogens is 260 g/mol. The predicted molar refractivity (Wildman–Crippen MR) is 78.4 cm³/mol. The second-order valence-corrected chi connectivity index (χ2v) is 5.80. The summed E-state index contributed by atoms with van der Waals surface area (Å²) in [6, 6.07) is 7.93. The highest BCUT2D eigenvalue weighted by molar-refractivity contribution is 6.30. The van der Waals surface area contributed by atoms with Gasteiger partial charge in [0.15, 0.2) is 0 Å². The maximum atomic E-state index is 11.9. The number of carbonyl (C=O) groups is 1. The summed E-state index contributed by atoms with van der Waals surface area (Å²) in [5, 5.41) is 7.09. The van der Waals surface area contributed by atoms with E-state index in [4.69, 9.17) is 11.6 Å². The van der Waals surface area contributed by atoms with Crippen LogP contribution in [0.4, 0.5) is 0 Å². The van der Waals surface area contributed by atoms with Gasteiger partial charge in [-0.05, 0) is 56.5 Å². The van der Waals surface area contributed by atoms with E-state index < -0.39 is 0 Å². The van der Waals surface area contributed by atoms with Gasteiger partial charge in [-0.15, -0.1) is 0 Å². The van der Waals surface area contributed by atoms with E-state index in [9.17, 15) is 4.79 Å². The standard InChI is InChI=1S/C15H21ClN2O/c1-11(7-12-3-2-4-14(16)8-12)18-15(19)9-13-5-6-17-10-13/h2-4,8,11,13,17H,5-7,9-10H2,1H3,(H,18,19). The van der Waals surface area contributed by atoms with Crippen LogP contribution in [-0.2, 0) is 11.2 Å². The molecule has 1 fully saturated rings. The first-order valence-electron chi connectivity index (χ1n) is 6.88. The van der Waals surface area contributed by atoms with Crippen LogP contribution < -0.4 is 10.6 Å². The number of amides is 1. The SMILES string of the molecule is CC(Cc1cccc(Cl)c1)NC(=O)CC1CCNC1. The number of nitrogens with one attached hydrogen (secondary N) is 2. The van der Waals surface area contributed by atoms with Crippen LogP contribution in [0.25, 0.3) is 0 Å². The number of halogens is 1. The molecule has 0 radical (unpaired) electrons. The van der Waals surface area contributed by atoms with Crippen LogP contribution in [0.15, 0.2) is 24.3 Å². The van der Waals surface area contributed by atoms with Crippen molar-refractivity contribution in [2.45, 2.75) is 32.2 Å². The highest BCUT2D eigenvalue weighted by Gasteiger charge is 2.18. The maximum absolute atomic E-state index is 11.9. The van der Waals surface area contributed by atoms with E-state index in [0.717, 1.165) is 36.5 Å². The molecule has 1 aromatic carbocycles. The summed E-state index contributed by atoms with van der Waals surface area (Å²) in [5.41, 5.74) is 1.16. The second kappa shape index (κ2) is 6.92. The van der Waals surface area contributed by atoms with Crippen molar-refractivity contribution in [1.29, 1.82) is 0 Å². The Kier molecular flexibility index (Phi) is 5.23. The largest absolute Gasteiger partial charge is 0.353 e. The molecule has 1 heterocycles. The molecule has 0 aromatic heterocycles. The van der Waals surface area contributed by atoms with Crippen LogP contribution in [0.1, 0.15) is 25.3 Å². The lowest BCUT2D eigenvalue weighted by Gasteiger charge is -2.15. The van der Waals surface area contributed by atoms with Crippen molar-refractivity contribution in [1.82, 2.24) is 10.6 Å². The van der Waals surface area contributed by atoms with Crippen LogP contribution in [-0.4, -0.2) is 25.0 Å². The van der Waals surface area contributed by atoms with Gasteiger partial charge in [0.25, 0.3) is 0 Å². The Bertz CT molecular complexity index is 430. The Morgan fingerprint density at radius 1 is 1.58 bits per heavy atom. The highest BCUT2D eigenvalue weighted by Crippen LogP contribution is 2.14. The normalized spacial score (nSPS) is 20.2. The Morgan fingerprint density at radius 3 is 3.11 bits per heavy atom. The van der Waals surface area contributed by atoms with Crippen LogP contribution in [0, 0.1) is 5.92 Å². The third kappa shape index (κ3) is 4.84. The van der Waals surface area contributed by atoms with Crippen molar-refractivity contribution >= 4 is 17.5 Å². The summed E-state index contributed by atoms with van der Waals surface area (Å²) in [4.78, 5) is 11.9. The Balaban J connectivity index is 1.77. The fraction of sp³-hybridized carbons (Fsp3) is 0.533. The molecule has 19 heavy (non-hydrogen) atoms. The van der Waals surface area contributed by atoms with E-state index in [1.807, 2.05) is 31.2 Å². The van der Waals surface area contributed by atoms with Gasteiger partial charge in [0, 0.05) is 17.5 Å². The number of hydrogen-bond donors (Lipinski definition) is 2. The highest BCUT2D eigenvalue weighted by atomic mass is 35.5. The molecule has 2 unspecified atom stereocenters. The van der Waals surface area contributed by atoms with Gasteiger partial charge in [0.1, 0.15) is 0 Å². The van der Waals surface area contributed by atoms with E-state index in [2.05, 4.69) is 10.6 Å². The van der Waals surface area contributed by atoms with Crippen molar-refractivity contribution in [2.75, 3.05) is 13.1 Å². The molecule has 1 saturated heterocycles. The van der Waals surface area contributed by atoms with Crippen LogP contribution in [0.3, 0.4) is 0 Å². The van der Waals surface area contributed by atoms with E-state index in [-0.39, 0.29) is 11.9 Å². The van der Waals surface area contributed by atoms with Gasteiger partial charge in [0.05, 0.1) is 0 Å². The summed E-state index contributed by atoms with van der Waals surface area (Å²) >= 11 is 5.95. The van der Waals surface area contributed by atoms with Crippen molar-refractivity contribution in [3.8, 4) is 0 Å². The van der Waals surface area contributed by atoms with Crippen LogP contribution in [0.5, 0.6) is 0 Å². The van der Waals surface area contributed by atoms with Crippen molar-refractivity contribution < 1.29 is 4.79 Å². The summed E-state index contributed by atoms with van der Waals surface area (Å²) in [7, 11) is 0. The molecule has 1 aliphatic heterocycles. The molecule has 0 saturated carbocycles. The topological polar surface area (TPSA) is 41.1 Å². The van der Waals surface area contributed by atoms with Gasteiger partial charge in [-0.2, -0.15) is 0 Å². The van der Waals surface area contributed by atoms with E-state index in [1.54, 1.807) is 0 Å². The number of carbonyl (C=O) groups excluding carboxylic acids is 1. The smallest absolute Gasteiger partial charge is 0.220 e. The third-order valence-corrected chi connectivity index (χ3v) is 3.71. The first-order valence-corrected chi connectivity index (χ1v) is 7.26. The van der Waals surface area contributed by atoms with Crippen molar-refractivity contribution in [2.24, 2.45) is 5.92 Å². The molecule has 1 aromatic rings. The Morgan fingerprint density at radius 2 is 2.42 bits per heavy atom. The molecule has 0 spiro atoms. The third-order valence-electron chi connectivity index (χ3n) is 3.47. The maximum Gasteiger partial charge on any atom is 0.220 e. The zero-order chi connectivity index (χ0) is 13.7. The molecule has 0 bridgehead atoms. The first kappa shape index (κ1) is 14.4. The molecule has 4 heteroatoms. The molecule has 1 amide bonds. The Labute approximate surface area is 119 Å². The lowest BCUT2D eigenvalue weighted by molar-refractivity contribution is -0.122. The van der Waals surface area contributed by atoms with E-state index in [0.29, 0.717) is 12.3 Å². The van der Waals surface area contributed by atoms with Gasteiger partial charge < -0.3 is 10.6 Å². The molecular formula is C15H21ClN2O. The lowest BCUT2D eigenvalue weighted by atomic mass is 10.0. The average molecular weight is 281 g/mol. The minimum absolute atomic E-state index is 0.139. The average Bonchev–Trinajstić information content (AvgIpc) is 2.81. The molecule has 2 N–H and O–H groups in total. The number of hydrogen-bond acceptors (Lipinski definition) is 2. The zero-order valence-corrected chi connectivity index (χ0v) is 12.0. The van der Waals surface area contributed by atoms with Gasteiger partial charge in [0.2, 0.25) is 5.91 Å². The fourth-order valence-electron chi connectivity index (χ4n) is 2.55. The predicted octanol–water partition coefficient (Wildman–Crippen LogP) is 2.39. The van der Waals surface area contributed by atoms with Crippen LogP contribution in [0.2, 0.25) is 5.02 Å². The summed E-state index contributed by atoms with van der Waals surface area (Å²) in [6.07, 6.45) is 2.55. The van der Waals surface area contributed by atoms with Crippen LogP contribution >= 0.6 is 11.6 Å².